The number of carbonyl (C=O) groups excluding carboxylic acids is 1. The first-order valence-corrected chi connectivity index (χ1v) is 4.71. The van der Waals surface area contributed by atoms with E-state index in [1.165, 1.54) is 0 Å². The summed E-state index contributed by atoms with van der Waals surface area (Å²) in [6.45, 7) is 4.95. The van der Waals surface area contributed by atoms with Crippen molar-refractivity contribution in [2.24, 2.45) is 0 Å². The highest BCUT2D eigenvalue weighted by Gasteiger charge is 2.23. The third-order valence-corrected chi connectivity index (χ3v) is 2.91. The van der Waals surface area contributed by atoms with Crippen LogP contribution in [0.4, 0.5) is 0 Å². The molecule has 0 radical (unpaired) electrons. The molecule has 1 unspecified atom stereocenters. The van der Waals surface area contributed by atoms with Crippen LogP contribution in [0.2, 0.25) is 0 Å². The van der Waals surface area contributed by atoms with E-state index in [9.17, 15) is 4.79 Å². The van der Waals surface area contributed by atoms with Crippen LogP contribution in [-0.2, 0) is 4.79 Å². The van der Waals surface area contributed by atoms with E-state index in [-0.39, 0.29) is 5.91 Å². The zero-order chi connectivity index (χ0) is 7.56. The molecule has 0 aromatic heterocycles. The van der Waals surface area contributed by atoms with Crippen molar-refractivity contribution in [1.82, 2.24) is 4.90 Å². The largest absolute Gasteiger partial charge is 0.330 e. The summed E-state index contributed by atoms with van der Waals surface area (Å²) in [6, 6.07) is 0. The van der Waals surface area contributed by atoms with E-state index in [0.29, 0.717) is 11.8 Å². The monoisotopic (exact) mass is 159 g/mol. The molecule has 0 saturated carbocycles. The summed E-state index contributed by atoms with van der Waals surface area (Å²) < 4.78 is 0. The molecule has 0 aliphatic carbocycles. The lowest BCUT2D eigenvalue weighted by Crippen LogP contribution is -2.32. The Bertz CT molecular complexity index is 138. The van der Waals surface area contributed by atoms with Crippen LogP contribution in [0, 0.1) is 0 Å². The van der Waals surface area contributed by atoms with Crippen LogP contribution >= 0.6 is 11.8 Å². The molecule has 1 atom stereocenters. The minimum atomic E-state index is 0.289. The standard InChI is InChI=1S/C7H13NOS/c1-3-7(9)8-4-5-10-6(8)2/h6H,3-5H2,1-2H3. The van der Waals surface area contributed by atoms with Crippen molar-refractivity contribution >= 4 is 17.7 Å². The number of amides is 1. The molecule has 1 amide bonds. The van der Waals surface area contributed by atoms with Gasteiger partial charge in [-0.05, 0) is 6.92 Å². The fraction of sp³-hybridized carbons (Fsp3) is 0.857. The quantitative estimate of drug-likeness (QED) is 0.575. The number of hydrogen-bond acceptors (Lipinski definition) is 2. The Labute approximate surface area is 66.0 Å². The number of carbonyl (C=O) groups is 1. The highest BCUT2D eigenvalue weighted by Crippen LogP contribution is 2.22. The van der Waals surface area contributed by atoms with Crippen molar-refractivity contribution in [1.29, 1.82) is 0 Å². The smallest absolute Gasteiger partial charge is 0.223 e. The SMILES string of the molecule is CCC(=O)N1CCSC1C. The van der Waals surface area contributed by atoms with Crippen molar-refractivity contribution in [3.8, 4) is 0 Å². The topological polar surface area (TPSA) is 20.3 Å². The summed E-state index contributed by atoms with van der Waals surface area (Å²) in [4.78, 5) is 13.1. The third kappa shape index (κ3) is 1.45. The molecule has 1 aliphatic rings. The maximum absolute atomic E-state index is 11.1. The van der Waals surface area contributed by atoms with E-state index in [4.69, 9.17) is 0 Å². The lowest BCUT2D eigenvalue weighted by Gasteiger charge is -2.19. The van der Waals surface area contributed by atoms with E-state index in [1.807, 2.05) is 23.6 Å². The molecule has 1 fully saturated rings. The second-order valence-electron chi connectivity index (χ2n) is 2.41. The minimum absolute atomic E-state index is 0.289. The number of thioether (sulfide) groups is 1. The van der Waals surface area contributed by atoms with E-state index in [2.05, 4.69) is 6.92 Å². The highest BCUT2D eigenvalue weighted by molar-refractivity contribution is 8.00. The molecule has 1 rings (SSSR count). The van der Waals surface area contributed by atoms with Gasteiger partial charge in [-0.3, -0.25) is 4.79 Å². The molecule has 1 aliphatic heterocycles. The van der Waals surface area contributed by atoms with Crippen LogP contribution in [0.3, 0.4) is 0 Å². The van der Waals surface area contributed by atoms with E-state index >= 15 is 0 Å². The van der Waals surface area contributed by atoms with Gasteiger partial charge in [0.15, 0.2) is 0 Å². The molecule has 1 saturated heterocycles. The third-order valence-electron chi connectivity index (χ3n) is 1.75. The van der Waals surface area contributed by atoms with Crippen LogP contribution < -0.4 is 0 Å². The predicted molar refractivity (Wildman–Crippen MR) is 43.9 cm³/mol. The Balaban J connectivity index is 2.46. The van der Waals surface area contributed by atoms with Gasteiger partial charge in [-0.15, -0.1) is 11.8 Å². The molecule has 2 nitrogen and oxygen atoms in total. The Kier molecular flexibility index (Phi) is 2.60. The second kappa shape index (κ2) is 3.28. The van der Waals surface area contributed by atoms with Gasteiger partial charge in [0.25, 0.3) is 0 Å². The summed E-state index contributed by atoms with van der Waals surface area (Å²) in [5.74, 6) is 1.39. The molecular formula is C7H13NOS. The van der Waals surface area contributed by atoms with E-state index in [1.54, 1.807) is 0 Å². The van der Waals surface area contributed by atoms with Crippen molar-refractivity contribution < 1.29 is 4.79 Å². The Morgan fingerprint density at radius 3 is 2.90 bits per heavy atom. The molecule has 0 bridgehead atoms. The molecule has 0 N–H and O–H groups in total. The number of rotatable bonds is 1. The van der Waals surface area contributed by atoms with Crippen molar-refractivity contribution in [3.63, 3.8) is 0 Å². The summed E-state index contributed by atoms with van der Waals surface area (Å²) in [5, 5.41) is 0.410. The average Bonchev–Trinajstić information content (AvgIpc) is 2.34. The average molecular weight is 159 g/mol. The first kappa shape index (κ1) is 7.92. The molecular weight excluding hydrogens is 146 g/mol. The zero-order valence-corrected chi connectivity index (χ0v) is 7.28. The summed E-state index contributed by atoms with van der Waals surface area (Å²) >= 11 is 1.85. The molecule has 10 heavy (non-hydrogen) atoms. The molecule has 0 aromatic rings. The summed E-state index contributed by atoms with van der Waals surface area (Å²) in [6.07, 6.45) is 0.644. The van der Waals surface area contributed by atoms with Gasteiger partial charge >= 0.3 is 0 Å². The van der Waals surface area contributed by atoms with Gasteiger partial charge < -0.3 is 4.90 Å². The first-order valence-electron chi connectivity index (χ1n) is 3.66. The van der Waals surface area contributed by atoms with Crippen molar-refractivity contribution in [2.75, 3.05) is 12.3 Å². The zero-order valence-electron chi connectivity index (χ0n) is 6.46. The van der Waals surface area contributed by atoms with Crippen LogP contribution in [0.15, 0.2) is 0 Å². The van der Waals surface area contributed by atoms with Gasteiger partial charge in [0.1, 0.15) is 0 Å². The van der Waals surface area contributed by atoms with Gasteiger partial charge in [0.05, 0.1) is 5.37 Å². The van der Waals surface area contributed by atoms with Gasteiger partial charge in [-0.25, -0.2) is 0 Å². The van der Waals surface area contributed by atoms with Crippen LogP contribution in [0.25, 0.3) is 0 Å². The molecule has 3 heteroatoms. The Morgan fingerprint density at radius 2 is 2.50 bits per heavy atom. The summed E-state index contributed by atoms with van der Waals surface area (Å²) in [7, 11) is 0. The van der Waals surface area contributed by atoms with Crippen LogP contribution in [0.1, 0.15) is 20.3 Å². The lowest BCUT2D eigenvalue weighted by molar-refractivity contribution is -0.130. The minimum Gasteiger partial charge on any atom is -0.330 e. The van der Waals surface area contributed by atoms with Crippen LogP contribution in [-0.4, -0.2) is 28.5 Å². The van der Waals surface area contributed by atoms with Crippen molar-refractivity contribution in [3.05, 3.63) is 0 Å². The van der Waals surface area contributed by atoms with Gasteiger partial charge in [0.2, 0.25) is 5.91 Å². The van der Waals surface area contributed by atoms with Gasteiger partial charge in [-0.1, -0.05) is 6.92 Å². The van der Waals surface area contributed by atoms with Gasteiger partial charge in [0, 0.05) is 18.7 Å². The van der Waals surface area contributed by atoms with Crippen LogP contribution in [0.5, 0.6) is 0 Å². The van der Waals surface area contributed by atoms with E-state index < -0.39 is 0 Å². The fourth-order valence-corrected chi connectivity index (χ4v) is 2.17. The Morgan fingerprint density at radius 1 is 1.80 bits per heavy atom. The Hall–Kier alpha value is -0.180. The second-order valence-corrected chi connectivity index (χ2v) is 3.83. The number of hydrogen-bond donors (Lipinski definition) is 0. The maximum atomic E-state index is 11.1. The lowest BCUT2D eigenvalue weighted by atomic mass is 10.4. The first-order chi connectivity index (χ1) is 4.75. The number of nitrogens with zero attached hydrogens (tertiary/aromatic N) is 1. The highest BCUT2D eigenvalue weighted by atomic mass is 32.2. The fourth-order valence-electron chi connectivity index (χ4n) is 1.12. The van der Waals surface area contributed by atoms with E-state index in [0.717, 1.165) is 12.3 Å². The maximum Gasteiger partial charge on any atom is 0.223 e. The van der Waals surface area contributed by atoms with Gasteiger partial charge in [-0.2, -0.15) is 0 Å². The normalized spacial score (nSPS) is 25.4. The molecule has 0 spiro atoms. The molecule has 0 aromatic carbocycles. The van der Waals surface area contributed by atoms with Crippen molar-refractivity contribution in [2.45, 2.75) is 25.6 Å². The molecule has 58 valence electrons. The molecule has 1 heterocycles. The summed E-state index contributed by atoms with van der Waals surface area (Å²) in [5.41, 5.74) is 0. The predicted octanol–water partition coefficient (Wildman–Crippen LogP) is 1.32.